The molecule has 2 aromatic heterocycles. The number of methoxy groups -OCH3 is 1. The van der Waals surface area contributed by atoms with Crippen molar-refractivity contribution < 1.29 is 4.74 Å². The van der Waals surface area contributed by atoms with Gasteiger partial charge in [-0.3, -0.25) is 0 Å². The molecule has 0 aliphatic rings. The molecule has 0 aromatic carbocycles. The Morgan fingerprint density at radius 1 is 1.03 bits per heavy atom. The van der Waals surface area contributed by atoms with Gasteiger partial charge in [0.25, 0.3) is 0 Å². The van der Waals surface area contributed by atoms with Gasteiger partial charge in [-0.2, -0.15) is 4.98 Å². The lowest BCUT2D eigenvalue weighted by Gasteiger charge is -2.21. The lowest BCUT2D eigenvalue weighted by molar-refractivity contribution is 0.397. The average molecular weight is 494 g/mol. The Hall–Kier alpha value is -1.81. The summed E-state index contributed by atoms with van der Waals surface area (Å²) < 4.78 is 7.13. The maximum absolute atomic E-state index is 5.92. The monoisotopic (exact) mass is 493 g/mol. The number of aryl methyl sites for hydroxylation is 1. The topological polar surface area (TPSA) is 90.6 Å². The number of hydrogen-bond acceptors (Lipinski definition) is 8. The molecule has 10 heteroatoms. The highest BCUT2D eigenvalue weighted by Gasteiger charge is 2.21. The van der Waals surface area contributed by atoms with Crippen LogP contribution in [0.5, 0.6) is 5.88 Å². The van der Waals surface area contributed by atoms with Crippen LogP contribution in [0.25, 0.3) is 0 Å². The van der Waals surface area contributed by atoms with Gasteiger partial charge in [0, 0.05) is 13.0 Å². The minimum Gasteiger partial charge on any atom is -0.479 e. The molecule has 0 radical (unpaired) electrons. The van der Waals surface area contributed by atoms with Gasteiger partial charge in [0.05, 0.1) is 12.1 Å². The second-order valence-electron chi connectivity index (χ2n) is 8.34. The smallest absolute Gasteiger partial charge is 0.241 e. The SMILES string of the molecule is CCCCCCCCC(CCCCCC)C(=S)Nc1c(OC)ncnc1Sc1nnnn1C. The Morgan fingerprint density at radius 2 is 1.67 bits per heavy atom. The highest BCUT2D eigenvalue weighted by Crippen LogP contribution is 2.35. The third kappa shape index (κ3) is 9.52. The van der Waals surface area contributed by atoms with Crippen molar-refractivity contribution in [2.45, 2.75) is 101 Å². The summed E-state index contributed by atoms with van der Waals surface area (Å²) in [5, 5.41) is 16.4. The third-order valence-electron chi connectivity index (χ3n) is 5.67. The molecule has 184 valence electrons. The quantitative estimate of drug-likeness (QED) is 0.156. The number of anilines is 1. The number of tetrazole rings is 1. The molecule has 2 rings (SSSR count). The van der Waals surface area contributed by atoms with Crippen LogP contribution in [0.15, 0.2) is 16.5 Å². The van der Waals surface area contributed by atoms with Crippen LogP contribution in [0.1, 0.15) is 90.9 Å². The molecule has 0 saturated carbocycles. The van der Waals surface area contributed by atoms with E-state index < -0.39 is 0 Å². The Labute approximate surface area is 208 Å². The molecular weight excluding hydrogens is 454 g/mol. The van der Waals surface area contributed by atoms with Gasteiger partial charge < -0.3 is 10.1 Å². The molecule has 0 amide bonds. The van der Waals surface area contributed by atoms with E-state index in [0.717, 1.165) is 17.8 Å². The predicted octanol–water partition coefficient (Wildman–Crippen LogP) is 6.24. The molecule has 8 nitrogen and oxygen atoms in total. The van der Waals surface area contributed by atoms with Gasteiger partial charge in [-0.05, 0) is 35.0 Å². The van der Waals surface area contributed by atoms with Crippen LogP contribution in [-0.2, 0) is 7.05 Å². The zero-order chi connectivity index (χ0) is 23.9. The number of nitrogens with zero attached hydrogens (tertiary/aromatic N) is 6. The molecule has 0 aliphatic heterocycles. The molecule has 2 aromatic rings. The summed E-state index contributed by atoms with van der Waals surface area (Å²) in [6.45, 7) is 4.50. The number of hydrogen-bond donors (Lipinski definition) is 1. The molecule has 0 spiro atoms. The molecule has 33 heavy (non-hydrogen) atoms. The number of thiocarbonyl (C=S) groups is 1. The summed E-state index contributed by atoms with van der Waals surface area (Å²) in [5.74, 6) is 0.802. The van der Waals surface area contributed by atoms with E-state index in [4.69, 9.17) is 17.0 Å². The van der Waals surface area contributed by atoms with Gasteiger partial charge in [-0.15, -0.1) is 5.10 Å². The zero-order valence-electron chi connectivity index (χ0n) is 20.5. The lowest BCUT2D eigenvalue weighted by atomic mass is 9.94. The van der Waals surface area contributed by atoms with E-state index in [-0.39, 0.29) is 0 Å². The minimum atomic E-state index is 0.335. The maximum Gasteiger partial charge on any atom is 0.241 e. The minimum absolute atomic E-state index is 0.335. The molecule has 2 heterocycles. The Balaban J connectivity index is 2.09. The van der Waals surface area contributed by atoms with E-state index in [2.05, 4.69) is 44.7 Å². The number of unbranched alkanes of at least 4 members (excludes halogenated alkanes) is 8. The lowest BCUT2D eigenvalue weighted by Crippen LogP contribution is -2.22. The van der Waals surface area contributed by atoms with Gasteiger partial charge in [-0.1, -0.05) is 90.3 Å². The van der Waals surface area contributed by atoms with Gasteiger partial charge in [-0.25, -0.2) is 9.67 Å². The third-order valence-corrected chi connectivity index (χ3v) is 7.14. The van der Waals surface area contributed by atoms with E-state index in [9.17, 15) is 0 Å². The fourth-order valence-corrected chi connectivity index (χ4v) is 4.80. The number of ether oxygens (including phenoxy) is 1. The fourth-order valence-electron chi connectivity index (χ4n) is 3.71. The van der Waals surface area contributed by atoms with Crippen LogP contribution in [0.2, 0.25) is 0 Å². The van der Waals surface area contributed by atoms with Crippen LogP contribution in [-0.4, -0.2) is 42.3 Å². The van der Waals surface area contributed by atoms with Crippen LogP contribution >= 0.6 is 24.0 Å². The Kier molecular flexibility index (Phi) is 13.2. The summed E-state index contributed by atoms with van der Waals surface area (Å²) in [6, 6.07) is 0. The van der Waals surface area contributed by atoms with Crippen molar-refractivity contribution in [2.75, 3.05) is 12.4 Å². The van der Waals surface area contributed by atoms with Crippen molar-refractivity contribution in [3.63, 3.8) is 0 Å². The number of aromatic nitrogens is 6. The molecule has 1 atom stereocenters. The average Bonchev–Trinajstić information content (AvgIpc) is 3.22. The molecule has 0 aliphatic carbocycles. The summed E-state index contributed by atoms with van der Waals surface area (Å²) in [6.07, 6.45) is 16.4. The maximum atomic E-state index is 5.92. The summed E-state index contributed by atoms with van der Waals surface area (Å²) in [5.41, 5.74) is 0.680. The van der Waals surface area contributed by atoms with Crippen LogP contribution in [0, 0.1) is 5.92 Å². The molecule has 0 saturated heterocycles. The zero-order valence-corrected chi connectivity index (χ0v) is 22.2. The molecular formula is C23H39N7OS2. The first-order valence-corrected chi connectivity index (χ1v) is 13.4. The van der Waals surface area contributed by atoms with Crippen LogP contribution in [0.3, 0.4) is 0 Å². The van der Waals surface area contributed by atoms with Gasteiger partial charge >= 0.3 is 0 Å². The molecule has 0 fully saturated rings. The predicted molar refractivity (Wildman–Crippen MR) is 138 cm³/mol. The van der Waals surface area contributed by atoms with Crippen molar-refractivity contribution in [1.29, 1.82) is 0 Å². The van der Waals surface area contributed by atoms with Gasteiger partial charge in [0.2, 0.25) is 11.0 Å². The first-order valence-electron chi connectivity index (χ1n) is 12.2. The normalized spacial score (nSPS) is 12.0. The largest absolute Gasteiger partial charge is 0.479 e. The van der Waals surface area contributed by atoms with Crippen molar-refractivity contribution in [3.05, 3.63) is 6.33 Å². The second-order valence-corrected chi connectivity index (χ2v) is 9.74. The summed E-state index contributed by atoms with van der Waals surface area (Å²) >= 11 is 7.28. The molecule has 1 unspecified atom stereocenters. The van der Waals surface area contributed by atoms with E-state index in [0.29, 0.717) is 27.7 Å². The van der Waals surface area contributed by atoms with Crippen molar-refractivity contribution >= 4 is 34.7 Å². The van der Waals surface area contributed by atoms with Crippen molar-refractivity contribution in [1.82, 2.24) is 30.2 Å². The second kappa shape index (κ2) is 15.9. The molecule has 0 bridgehead atoms. The number of nitrogens with one attached hydrogen (secondary N) is 1. The Bertz CT molecular complexity index is 831. The first-order chi connectivity index (χ1) is 16.1. The molecule has 1 N–H and O–H groups in total. The van der Waals surface area contributed by atoms with Gasteiger partial charge in [0.15, 0.2) is 0 Å². The van der Waals surface area contributed by atoms with Crippen molar-refractivity contribution in [3.8, 4) is 5.88 Å². The van der Waals surface area contributed by atoms with E-state index in [1.54, 1.807) is 18.8 Å². The van der Waals surface area contributed by atoms with E-state index in [1.807, 2.05) is 0 Å². The fraction of sp³-hybridized carbons (Fsp3) is 0.739. The van der Waals surface area contributed by atoms with Crippen LogP contribution < -0.4 is 10.1 Å². The highest BCUT2D eigenvalue weighted by atomic mass is 32.2. The first kappa shape index (κ1) is 27.4. The number of rotatable bonds is 17. The summed E-state index contributed by atoms with van der Waals surface area (Å²) in [4.78, 5) is 9.57. The van der Waals surface area contributed by atoms with E-state index >= 15 is 0 Å². The highest BCUT2D eigenvalue weighted by molar-refractivity contribution is 7.99. The Morgan fingerprint density at radius 3 is 2.27 bits per heavy atom. The van der Waals surface area contributed by atoms with E-state index in [1.165, 1.54) is 82.3 Å². The summed E-state index contributed by atoms with van der Waals surface area (Å²) in [7, 11) is 3.40. The van der Waals surface area contributed by atoms with Crippen molar-refractivity contribution in [2.24, 2.45) is 13.0 Å². The standard InChI is InChI=1S/C23H39N7OS2/c1-5-7-9-11-12-14-16-18(15-13-10-8-6-2)21(32)26-19-20(31-4)24-17-25-22(19)33-23-27-28-29-30(23)3/h17-18H,5-16H2,1-4H3,(H,26,32). The van der Waals surface area contributed by atoms with Gasteiger partial charge in [0.1, 0.15) is 17.0 Å². The van der Waals surface area contributed by atoms with Crippen LogP contribution in [0.4, 0.5) is 5.69 Å².